The number of hydrogen-bond donors (Lipinski definition) is 1. The molecule has 2 N–H and O–H groups in total. The summed E-state index contributed by atoms with van der Waals surface area (Å²) in [6, 6.07) is 3.91. The van der Waals surface area contributed by atoms with Gasteiger partial charge in [-0.2, -0.15) is 0 Å². The van der Waals surface area contributed by atoms with Crippen LogP contribution in [0.2, 0.25) is 0 Å². The Balaban J connectivity index is 2.25. The number of nitrogens with zero attached hydrogens (tertiary/aromatic N) is 1. The zero-order valence-corrected chi connectivity index (χ0v) is 10.6. The molecule has 1 heterocycles. The molecule has 1 atom stereocenters. The van der Waals surface area contributed by atoms with E-state index in [4.69, 9.17) is 10.5 Å². The van der Waals surface area contributed by atoms with Gasteiger partial charge in [-0.05, 0) is 12.5 Å². The van der Waals surface area contributed by atoms with E-state index in [0.717, 1.165) is 4.90 Å². The molecule has 1 fully saturated rings. The lowest BCUT2D eigenvalue weighted by molar-refractivity contribution is -0.149. The van der Waals surface area contributed by atoms with Crippen molar-refractivity contribution in [2.45, 2.75) is 25.4 Å². The van der Waals surface area contributed by atoms with Gasteiger partial charge in [0.2, 0.25) is 11.8 Å². The van der Waals surface area contributed by atoms with Crippen LogP contribution in [0.5, 0.6) is 5.75 Å². The summed E-state index contributed by atoms with van der Waals surface area (Å²) >= 11 is 0. The van der Waals surface area contributed by atoms with Crippen molar-refractivity contribution in [2.75, 3.05) is 7.11 Å². The summed E-state index contributed by atoms with van der Waals surface area (Å²) in [5.41, 5.74) is 5.85. The molecule has 1 aliphatic heterocycles. The van der Waals surface area contributed by atoms with Gasteiger partial charge in [0.1, 0.15) is 0 Å². The number of hydrogen-bond acceptors (Lipinski definition) is 4. The second-order valence-electron chi connectivity index (χ2n) is 4.40. The van der Waals surface area contributed by atoms with Crippen LogP contribution in [-0.2, 0) is 16.1 Å². The van der Waals surface area contributed by atoms with Gasteiger partial charge in [-0.1, -0.05) is 12.1 Å². The fourth-order valence-corrected chi connectivity index (χ4v) is 2.03. The summed E-state index contributed by atoms with van der Waals surface area (Å²) in [7, 11) is 1.36. The molecule has 0 spiro atoms. The number of halogens is 1. The van der Waals surface area contributed by atoms with E-state index >= 15 is 0 Å². The minimum absolute atomic E-state index is 0.0821. The molecular weight excluding hydrogens is 251 g/mol. The molecule has 0 radical (unpaired) electrons. The van der Waals surface area contributed by atoms with E-state index < -0.39 is 17.8 Å². The van der Waals surface area contributed by atoms with Crippen LogP contribution in [0, 0.1) is 5.82 Å². The number of methoxy groups -OCH3 is 1. The van der Waals surface area contributed by atoms with Crippen LogP contribution in [0.25, 0.3) is 0 Å². The molecule has 1 saturated heterocycles. The van der Waals surface area contributed by atoms with Crippen LogP contribution >= 0.6 is 0 Å². The van der Waals surface area contributed by atoms with Crippen molar-refractivity contribution in [3.05, 3.63) is 29.6 Å². The van der Waals surface area contributed by atoms with E-state index in [9.17, 15) is 14.0 Å². The van der Waals surface area contributed by atoms with E-state index in [1.54, 1.807) is 6.07 Å². The molecule has 19 heavy (non-hydrogen) atoms. The molecule has 0 aromatic heterocycles. The number of carbonyl (C=O) groups is 2. The predicted molar refractivity (Wildman–Crippen MR) is 65.7 cm³/mol. The molecular formula is C13H15FN2O3. The Morgan fingerprint density at radius 1 is 1.47 bits per heavy atom. The SMILES string of the molecule is COc1cccc(CN2C(=O)CCC(N)C2=O)c1F. The van der Waals surface area contributed by atoms with Crippen molar-refractivity contribution in [3.8, 4) is 5.75 Å². The second kappa shape index (κ2) is 5.36. The lowest BCUT2D eigenvalue weighted by atomic mass is 10.0. The van der Waals surface area contributed by atoms with E-state index in [2.05, 4.69) is 0 Å². The molecule has 6 heteroatoms. The molecule has 0 bridgehead atoms. The average molecular weight is 266 g/mol. The monoisotopic (exact) mass is 266 g/mol. The van der Waals surface area contributed by atoms with E-state index in [-0.39, 0.29) is 30.2 Å². The van der Waals surface area contributed by atoms with Gasteiger partial charge in [0, 0.05) is 12.0 Å². The highest BCUT2D eigenvalue weighted by atomic mass is 19.1. The van der Waals surface area contributed by atoms with Gasteiger partial charge in [0.25, 0.3) is 0 Å². The zero-order valence-electron chi connectivity index (χ0n) is 10.6. The van der Waals surface area contributed by atoms with E-state index in [1.165, 1.54) is 19.2 Å². The molecule has 102 valence electrons. The van der Waals surface area contributed by atoms with Crippen LogP contribution < -0.4 is 10.5 Å². The van der Waals surface area contributed by atoms with Crippen molar-refractivity contribution in [1.29, 1.82) is 0 Å². The average Bonchev–Trinajstić information content (AvgIpc) is 2.41. The number of piperidine rings is 1. The maximum absolute atomic E-state index is 14.0. The Labute approximate surface area is 110 Å². The highest BCUT2D eigenvalue weighted by Crippen LogP contribution is 2.23. The van der Waals surface area contributed by atoms with Crippen molar-refractivity contribution < 1.29 is 18.7 Å². The molecule has 1 aromatic rings. The van der Waals surface area contributed by atoms with Crippen molar-refractivity contribution in [1.82, 2.24) is 4.90 Å². The largest absolute Gasteiger partial charge is 0.494 e. The standard InChI is InChI=1S/C13H15FN2O3/c1-19-10-4-2-3-8(12(10)14)7-16-11(17)6-5-9(15)13(16)18/h2-4,9H,5-7,15H2,1H3. The lowest BCUT2D eigenvalue weighted by Crippen LogP contribution is -2.50. The minimum Gasteiger partial charge on any atom is -0.494 e. The van der Waals surface area contributed by atoms with E-state index in [0.29, 0.717) is 6.42 Å². The Bertz CT molecular complexity index is 519. The van der Waals surface area contributed by atoms with Crippen LogP contribution in [-0.4, -0.2) is 29.9 Å². The minimum atomic E-state index is -0.689. The number of imide groups is 1. The van der Waals surface area contributed by atoms with Crippen molar-refractivity contribution >= 4 is 11.8 Å². The summed E-state index contributed by atoms with van der Waals surface area (Å²) in [4.78, 5) is 24.6. The van der Waals surface area contributed by atoms with Crippen LogP contribution in [0.3, 0.4) is 0 Å². The topological polar surface area (TPSA) is 72.6 Å². The highest BCUT2D eigenvalue weighted by Gasteiger charge is 2.32. The van der Waals surface area contributed by atoms with Crippen molar-refractivity contribution in [2.24, 2.45) is 5.73 Å². The van der Waals surface area contributed by atoms with Gasteiger partial charge >= 0.3 is 0 Å². The number of ether oxygens (including phenoxy) is 1. The third-order valence-corrected chi connectivity index (χ3v) is 3.15. The van der Waals surface area contributed by atoms with Crippen molar-refractivity contribution in [3.63, 3.8) is 0 Å². The molecule has 1 aromatic carbocycles. The third kappa shape index (κ3) is 2.58. The molecule has 1 aliphatic rings. The molecule has 0 saturated carbocycles. The van der Waals surface area contributed by atoms with Gasteiger partial charge in [0.15, 0.2) is 11.6 Å². The lowest BCUT2D eigenvalue weighted by Gasteiger charge is -2.28. The summed E-state index contributed by atoms with van der Waals surface area (Å²) in [5.74, 6) is -1.27. The third-order valence-electron chi connectivity index (χ3n) is 3.15. The molecule has 5 nitrogen and oxygen atoms in total. The quantitative estimate of drug-likeness (QED) is 0.822. The van der Waals surface area contributed by atoms with Gasteiger partial charge in [-0.3, -0.25) is 14.5 Å². The van der Waals surface area contributed by atoms with E-state index in [1.807, 2.05) is 0 Å². The number of carbonyl (C=O) groups excluding carboxylic acids is 2. The van der Waals surface area contributed by atoms with Gasteiger partial charge < -0.3 is 10.5 Å². The highest BCUT2D eigenvalue weighted by molar-refractivity contribution is 6.00. The van der Waals surface area contributed by atoms with Gasteiger partial charge in [0.05, 0.1) is 19.7 Å². The summed E-state index contributed by atoms with van der Waals surface area (Å²) in [5, 5.41) is 0. The number of likely N-dealkylation sites (tertiary alicyclic amines) is 1. The Kier molecular flexibility index (Phi) is 3.80. The summed E-state index contributed by atoms with van der Waals surface area (Å²) in [6.45, 7) is -0.117. The molecule has 2 rings (SSSR count). The first-order valence-corrected chi connectivity index (χ1v) is 5.95. The maximum Gasteiger partial charge on any atom is 0.246 e. The first kappa shape index (κ1) is 13.5. The Morgan fingerprint density at radius 2 is 2.21 bits per heavy atom. The fraction of sp³-hybridized carbons (Fsp3) is 0.385. The van der Waals surface area contributed by atoms with Gasteiger partial charge in [-0.15, -0.1) is 0 Å². The predicted octanol–water partition coefficient (Wildman–Crippen LogP) is 0.811. The summed E-state index contributed by atoms with van der Waals surface area (Å²) < 4.78 is 18.8. The number of amides is 2. The number of benzene rings is 1. The normalized spacial score (nSPS) is 19.7. The van der Waals surface area contributed by atoms with Crippen LogP contribution in [0.4, 0.5) is 4.39 Å². The molecule has 1 unspecified atom stereocenters. The number of rotatable bonds is 3. The fourth-order valence-electron chi connectivity index (χ4n) is 2.03. The maximum atomic E-state index is 14.0. The van der Waals surface area contributed by atoms with Gasteiger partial charge in [-0.25, -0.2) is 4.39 Å². The van der Waals surface area contributed by atoms with Crippen LogP contribution in [0.15, 0.2) is 18.2 Å². The zero-order chi connectivity index (χ0) is 14.0. The molecule has 0 aliphatic carbocycles. The summed E-state index contributed by atoms with van der Waals surface area (Å²) in [6.07, 6.45) is 0.549. The Morgan fingerprint density at radius 3 is 2.89 bits per heavy atom. The first-order chi connectivity index (χ1) is 9.04. The Hall–Kier alpha value is -1.95. The second-order valence-corrected chi connectivity index (χ2v) is 4.40. The first-order valence-electron chi connectivity index (χ1n) is 5.95. The van der Waals surface area contributed by atoms with Crippen LogP contribution in [0.1, 0.15) is 18.4 Å². The molecule has 2 amide bonds. The smallest absolute Gasteiger partial charge is 0.246 e. The number of nitrogens with two attached hydrogens (primary N) is 1.